The number of amides is 1. The van der Waals surface area contributed by atoms with E-state index in [1.165, 1.54) is 11.1 Å². The molecule has 0 spiro atoms. The van der Waals surface area contributed by atoms with E-state index in [1.807, 2.05) is 48.5 Å². The van der Waals surface area contributed by atoms with Gasteiger partial charge in [0.2, 0.25) is 5.91 Å². The van der Waals surface area contributed by atoms with Crippen molar-refractivity contribution in [2.75, 3.05) is 20.8 Å². The van der Waals surface area contributed by atoms with Crippen LogP contribution in [0.3, 0.4) is 0 Å². The lowest BCUT2D eigenvalue weighted by molar-refractivity contribution is -0.121. The average molecular weight is 532 g/mol. The summed E-state index contributed by atoms with van der Waals surface area (Å²) < 4.78 is 12.3. The third-order valence-electron chi connectivity index (χ3n) is 6.41. The maximum atomic E-state index is 13.3. The third kappa shape index (κ3) is 6.75. The van der Waals surface area contributed by atoms with Crippen molar-refractivity contribution >= 4 is 28.6 Å². The number of aryl methyl sites for hydroxylation is 1. The van der Waals surface area contributed by atoms with Gasteiger partial charge in [0.1, 0.15) is 0 Å². The Morgan fingerprint density at radius 3 is 2.55 bits per heavy atom. The summed E-state index contributed by atoms with van der Waals surface area (Å²) in [5.41, 5.74) is 4.08. The first-order valence-corrected chi connectivity index (χ1v) is 13.6. The number of carbonyl (C=O) groups is 1. The Kier molecular flexibility index (Phi) is 9.43. The fourth-order valence-corrected chi connectivity index (χ4v) is 5.34. The molecule has 0 aliphatic rings. The number of carbonyl (C=O) groups excluding carboxylic acids is 1. The molecule has 8 heteroatoms. The van der Waals surface area contributed by atoms with Crippen LogP contribution >= 0.6 is 11.8 Å². The maximum absolute atomic E-state index is 13.3. The number of rotatable bonds is 12. The van der Waals surface area contributed by atoms with E-state index < -0.39 is 0 Å². The Hall–Kier alpha value is -3.78. The Morgan fingerprint density at radius 1 is 1.00 bits per heavy atom. The third-order valence-corrected chi connectivity index (χ3v) is 7.44. The zero-order valence-electron chi connectivity index (χ0n) is 22.0. The van der Waals surface area contributed by atoms with Crippen LogP contribution in [0.2, 0.25) is 0 Å². The van der Waals surface area contributed by atoms with Gasteiger partial charge in [-0.1, -0.05) is 54.2 Å². The highest BCUT2D eigenvalue weighted by Crippen LogP contribution is 2.27. The number of nitrogens with one attached hydrogen (secondary N) is 1. The van der Waals surface area contributed by atoms with E-state index in [9.17, 15) is 9.59 Å². The van der Waals surface area contributed by atoms with Crippen LogP contribution in [0.1, 0.15) is 29.5 Å². The molecule has 1 N–H and O–H groups in total. The summed E-state index contributed by atoms with van der Waals surface area (Å²) in [5.74, 6) is 2.02. The number of ether oxygens (including phenoxy) is 2. The van der Waals surface area contributed by atoms with Crippen LogP contribution in [-0.4, -0.2) is 36.2 Å². The molecule has 0 aliphatic carbocycles. The minimum atomic E-state index is -0.0725. The van der Waals surface area contributed by atoms with Gasteiger partial charge in [0.25, 0.3) is 5.56 Å². The van der Waals surface area contributed by atoms with Gasteiger partial charge in [-0.2, -0.15) is 0 Å². The Labute approximate surface area is 227 Å². The molecule has 38 heavy (non-hydrogen) atoms. The maximum Gasteiger partial charge on any atom is 0.262 e. The van der Waals surface area contributed by atoms with E-state index in [0.29, 0.717) is 65.7 Å². The Morgan fingerprint density at radius 2 is 1.76 bits per heavy atom. The fraction of sp³-hybridized carbons (Fsp3) is 0.300. The molecule has 1 aromatic heterocycles. The average Bonchev–Trinajstić information content (AvgIpc) is 2.94. The molecular formula is C30H33N3O4S. The number of hydrogen-bond acceptors (Lipinski definition) is 6. The van der Waals surface area contributed by atoms with Gasteiger partial charge < -0.3 is 14.8 Å². The normalized spacial score (nSPS) is 10.9. The van der Waals surface area contributed by atoms with E-state index in [4.69, 9.17) is 14.5 Å². The van der Waals surface area contributed by atoms with Gasteiger partial charge >= 0.3 is 0 Å². The van der Waals surface area contributed by atoms with Gasteiger partial charge in [-0.15, -0.1) is 0 Å². The van der Waals surface area contributed by atoms with E-state index in [2.05, 4.69) is 24.4 Å². The highest BCUT2D eigenvalue weighted by atomic mass is 32.2. The highest BCUT2D eigenvalue weighted by molar-refractivity contribution is 7.98. The van der Waals surface area contributed by atoms with Crippen LogP contribution in [0.5, 0.6) is 11.5 Å². The second kappa shape index (κ2) is 13.1. The molecule has 0 radical (unpaired) electrons. The number of benzene rings is 3. The van der Waals surface area contributed by atoms with Crippen molar-refractivity contribution in [3.8, 4) is 11.5 Å². The molecule has 198 valence electrons. The minimum Gasteiger partial charge on any atom is -0.493 e. The number of para-hydroxylation sites is 1. The predicted octanol–water partition coefficient (Wildman–Crippen LogP) is 5.15. The molecular weight excluding hydrogens is 498 g/mol. The van der Waals surface area contributed by atoms with Crippen LogP contribution in [0, 0.1) is 6.92 Å². The lowest BCUT2D eigenvalue weighted by Gasteiger charge is -2.14. The van der Waals surface area contributed by atoms with Gasteiger partial charge in [0.15, 0.2) is 16.7 Å². The number of methoxy groups -OCH3 is 2. The quantitative estimate of drug-likeness (QED) is 0.201. The molecule has 0 bridgehead atoms. The van der Waals surface area contributed by atoms with Crippen molar-refractivity contribution in [1.82, 2.24) is 14.9 Å². The van der Waals surface area contributed by atoms with E-state index in [0.717, 1.165) is 5.56 Å². The molecule has 3 aromatic carbocycles. The molecule has 1 heterocycles. The Balaban J connectivity index is 1.37. The smallest absolute Gasteiger partial charge is 0.262 e. The van der Waals surface area contributed by atoms with E-state index in [-0.39, 0.29) is 11.5 Å². The SMILES string of the molecule is COc1ccc(CCNC(=O)CCCn2c(SCc3ccccc3C)nc3ccccc3c2=O)cc1OC. The van der Waals surface area contributed by atoms with Crippen molar-refractivity contribution in [2.24, 2.45) is 0 Å². The van der Waals surface area contributed by atoms with Crippen LogP contribution in [0.25, 0.3) is 10.9 Å². The monoisotopic (exact) mass is 531 g/mol. The second-order valence-corrected chi connectivity index (χ2v) is 9.92. The van der Waals surface area contributed by atoms with Crippen LogP contribution in [0.15, 0.2) is 76.7 Å². The van der Waals surface area contributed by atoms with E-state index in [1.54, 1.807) is 36.6 Å². The number of hydrogen-bond donors (Lipinski definition) is 1. The summed E-state index contributed by atoms with van der Waals surface area (Å²) in [5, 5.41) is 4.24. The number of thioether (sulfide) groups is 1. The summed E-state index contributed by atoms with van der Waals surface area (Å²) in [4.78, 5) is 30.6. The van der Waals surface area contributed by atoms with Crippen LogP contribution < -0.4 is 20.3 Å². The molecule has 0 saturated heterocycles. The van der Waals surface area contributed by atoms with Crippen molar-refractivity contribution in [3.63, 3.8) is 0 Å². The zero-order chi connectivity index (χ0) is 26.9. The lowest BCUT2D eigenvalue weighted by Crippen LogP contribution is -2.27. The highest BCUT2D eigenvalue weighted by Gasteiger charge is 2.13. The summed E-state index contributed by atoms with van der Waals surface area (Å²) in [6, 6.07) is 21.4. The molecule has 4 aromatic rings. The number of aromatic nitrogens is 2. The van der Waals surface area contributed by atoms with Crippen molar-refractivity contribution in [2.45, 2.75) is 43.6 Å². The van der Waals surface area contributed by atoms with Gasteiger partial charge in [0.05, 0.1) is 25.1 Å². The molecule has 0 unspecified atom stereocenters. The topological polar surface area (TPSA) is 82.5 Å². The summed E-state index contributed by atoms with van der Waals surface area (Å²) in [6.45, 7) is 3.03. The van der Waals surface area contributed by atoms with Gasteiger partial charge in [0, 0.05) is 25.3 Å². The Bertz CT molecular complexity index is 1470. The fourth-order valence-electron chi connectivity index (χ4n) is 4.24. The molecule has 1 amide bonds. The molecule has 0 atom stereocenters. The van der Waals surface area contributed by atoms with Gasteiger partial charge in [-0.05, 0) is 60.7 Å². The summed E-state index contributed by atoms with van der Waals surface area (Å²) in [7, 11) is 3.21. The van der Waals surface area contributed by atoms with Gasteiger partial charge in [-0.25, -0.2) is 4.98 Å². The first-order chi connectivity index (χ1) is 18.5. The first-order valence-electron chi connectivity index (χ1n) is 12.6. The zero-order valence-corrected chi connectivity index (χ0v) is 22.8. The molecule has 0 aliphatic heterocycles. The molecule has 4 rings (SSSR count). The van der Waals surface area contributed by atoms with Gasteiger partial charge in [-0.3, -0.25) is 14.2 Å². The predicted molar refractivity (Wildman–Crippen MR) is 152 cm³/mol. The first kappa shape index (κ1) is 27.3. The van der Waals surface area contributed by atoms with Crippen molar-refractivity contribution in [3.05, 3.63) is 93.8 Å². The summed E-state index contributed by atoms with van der Waals surface area (Å²) >= 11 is 1.55. The van der Waals surface area contributed by atoms with E-state index >= 15 is 0 Å². The van der Waals surface area contributed by atoms with Crippen molar-refractivity contribution in [1.29, 1.82) is 0 Å². The van der Waals surface area contributed by atoms with Crippen molar-refractivity contribution < 1.29 is 14.3 Å². The summed E-state index contributed by atoms with van der Waals surface area (Å²) in [6.07, 6.45) is 1.55. The molecule has 0 saturated carbocycles. The lowest BCUT2D eigenvalue weighted by atomic mass is 10.1. The van der Waals surface area contributed by atoms with Crippen LogP contribution in [-0.2, 0) is 23.5 Å². The number of fused-ring (bicyclic) bond motifs is 1. The number of nitrogens with zero attached hydrogens (tertiary/aromatic N) is 2. The largest absolute Gasteiger partial charge is 0.493 e. The minimum absolute atomic E-state index is 0.0404. The standard InChI is InChI=1S/C30H33N3O4S/c1-21-9-4-5-10-23(21)20-38-30-32-25-12-7-6-11-24(25)29(35)33(30)18-8-13-28(34)31-17-16-22-14-15-26(36-2)27(19-22)37-3/h4-7,9-12,14-15,19H,8,13,16-18,20H2,1-3H3,(H,31,34). The second-order valence-electron chi connectivity index (χ2n) is 8.98. The van der Waals surface area contributed by atoms with Crippen LogP contribution in [0.4, 0.5) is 0 Å². The molecule has 0 fully saturated rings. The molecule has 7 nitrogen and oxygen atoms in total.